The Hall–Kier alpha value is -1.21. The number of hydrogen-bond donors (Lipinski definition) is 2. The largest absolute Gasteiger partial charge is 0.385 e. The predicted molar refractivity (Wildman–Crippen MR) is 64.9 cm³/mol. The Morgan fingerprint density at radius 3 is 3.00 bits per heavy atom. The second-order valence-electron chi connectivity index (χ2n) is 3.29. The number of thiocarbonyl (C=S) groups is 1. The molecule has 0 bridgehead atoms. The molecule has 6 nitrogen and oxygen atoms in total. The molecular formula is C9H17N5OS. The Labute approximate surface area is 100 Å². The average Bonchev–Trinajstić information content (AvgIpc) is 2.68. The highest BCUT2D eigenvalue weighted by molar-refractivity contribution is 7.80. The highest BCUT2D eigenvalue weighted by Crippen LogP contribution is 1.86. The summed E-state index contributed by atoms with van der Waals surface area (Å²) in [7, 11) is 3.52. The zero-order valence-electron chi connectivity index (χ0n) is 9.56. The van der Waals surface area contributed by atoms with Gasteiger partial charge in [0.05, 0.1) is 6.54 Å². The van der Waals surface area contributed by atoms with Crippen LogP contribution in [0.3, 0.4) is 0 Å². The third kappa shape index (κ3) is 5.04. The first kappa shape index (κ1) is 12.9. The summed E-state index contributed by atoms with van der Waals surface area (Å²) in [6, 6.07) is 0. The van der Waals surface area contributed by atoms with Crippen LogP contribution >= 0.6 is 12.2 Å². The lowest BCUT2D eigenvalue weighted by Crippen LogP contribution is -2.35. The molecule has 7 heteroatoms. The monoisotopic (exact) mass is 243 g/mol. The van der Waals surface area contributed by atoms with Gasteiger partial charge < -0.3 is 15.4 Å². The molecule has 0 aliphatic heterocycles. The third-order valence-electron chi connectivity index (χ3n) is 1.86. The van der Waals surface area contributed by atoms with Crippen molar-refractivity contribution < 1.29 is 4.74 Å². The van der Waals surface area contributed by atoms with Gasteiger partial charge in [-0.25, -0.2) is 4.98 Å². The van der Waals surface area contributed by atoms with Crippen LogP contribution < -0.4 is 10.6 Å². The van der Waals surface area contributed by atoms with E-state index in [9.17, 15) is 0 Å². The molecule has 0 fully saturated rings. The highest BCUT2D eigenvalue weighted by atomic mass is 32.1. The number of nitrogens with zero attached hydrogens (tertiary/aromatic N) is 3. The molecular weight excluding hydrogens is 226 g/mol. The molecule has 1 heterocycles. The first-order valence-electron chi connectivity index (χ1n) is 5.07. The first-order chi connectivity index (χ1) is 7.72. The van der Waals surface area contributed by atoms with Crippen LogP contribution in [0.5, 0.6) is 0 Å². The maximum Gasteiger partial charge on any atom is 0.169 e. The minimum absolute atomic E-state index is 0.539. The maximum atomic E-state index is 5.08. The van der Waals surface area contributed by atoms with Gasteiger partial charge in [-0.05, 0) is 18.6 Å². The van der Waals surface area contributed by atoms with Crippen molar-refractivity contribution in [1.82, 2.24) is 25.4 Å². The van der Waals surface area contributed by atoms with Gasteiger partial charge in [-0.2, -0.15) is 5.10 Å². The van der Waals surface area contributed by atoms with Crippen molar-refractivity contribution in [3.8, 4) is 0 Å². The van der Waals surface area contributed by atoms with E-state index in [4.69, 9.17) is 17.0 Å². The summed E-state index contributed by atoms with van der Waals surface area (Å²) in [6.07, 6.45) is 2.59. The number of hydrogen-bond acceptors (Lipinski definition) is 4. The van der Waals surface area contributed by atoms with Crippen molar-refractivity contribution in [3.63, 3.8) is 0 Å². The lowest BCUT2D eigenvalue weighted by atomic mass is 10.4. The number of nitrogens with one attached hydrogen (secondary N) is 2. The fourth-order valence-corrected chi connectivity index (χ4v) is 1.28. The summed E-state index contributed by atoms with van der Waals surface area (Å²) >= 11 is 5.08. The number of methoxy groups -OCH3 is 1. The average molecular weight is 243 g/mol. The molecule has 90 valence electrons. The predicted octanol–water partition coefficient (Wildman–Crippen LogP) is -0.184. The van der Waals surface area contributed by atoms with Gasteiger partial charge in [-0.3, -0.25) is 4.68 Å². The zero-order chi connectivity index (χ0) is 11.8. The van der Waals surface area contributed by atoms with Gasteiger partial charge in [-0.15, -0.1) is 0 Å². The first-order valence-corrected chi connectivity index (χ1v) is 5.48. The number of rotatable bonds is 6. The smallest absolute Gasteiger partial charge is 0.169 e. The van der Waals surface area contributed by atoms with E-state index in [0.29, 0.717) is 11.7 Å². The summed E-state index contributed by atoms with van der Waals surface area (Å²) in [5, 5.41) is 10.8. The minimum Gasteiger partial charge on any atom is -0.385 e. The molecule has 1 rings (SSSR count). The van der Waals surface area contributed by atoms with E-state index in [-0.39, 0.29) is 0 Å². The molecule has 0 saturated carbocycles. The Balaban J connectivity index is 2.10. The van der Waals surface area contributed by atoms with Crippen molar-refractivity contribution in [2.24, 2.45) is 7.05 Å². The van der Waals surface area contributed by atoms with E-state index < -0.39 is 0 Å². The van der Waals surface area contributed by atoms with E-state index in [1.807, 2.05) is 7.05 Å². The Morgan fingerprint density at radius 1 is 1.56 bits per heavy atom. The van der Waals surface area contributed by atoms with Crippen LogP contribution in [-0.2, 0) is 18.3 Å². The number of ether oxygens (including phenoxy) is 1. The molecule has 0 aliphatic rings. The maximum absolute atomic E-state index is 5.08. The van der Waals surface area contributed by atoms with Crippen LogP contribution in [0, 0.1) is 0 Å². The van der Waals surface area contributed by atoms with E-state index in [1.165, 1.54) is 0 Å². The molecule has 1 aromatic rings. The molecule has 0 unspecified atom stereocenters. The SMILES string of the molecule is COCCCNC(=S)NCc1ncn(C)n1. The summed E-state index contributed by atoms with van der Waals surface area (Å²) in [5.74, 6) is 0.726. The fraction of sp³-hybridized carbons (Fsp3) is 0.667. The van der Waals surface area contributed by atoms with Gasteiger partial charge in [0.25, 0.3) is 0 Å². The second-order valence-corrected chi connectivity index (χ2v) is 3.70. The van der Waals surface area contributed by atoms with Crippen LogP contribution in [0.15, 0.2) is 6.33 Å². The fourth-order valence-electron chi connectivity index (χ4n) is 1.11. The van der Waals surface area contributed by atoms with E-state index >= 15 is 0 Å². The second kappa shape index (κ2) is 7.13. The Kier molecular flexibility index (Phi) is 5.73. The van der Waals surface area contributed by atoms with Crippen LogP contribution in [-0.4, -0.2) is 40.1 Å². The molecule has 0 amide bonds. The molecule has 1 aromatic heterocycles. The van der Waals surface area contributed by atoms with Gasteiger partial charge in [0.2, 0.25) is 0 Å². The highest BCUT2D eigenvalue weighted by Gasteiger charge is 1.99. The van der Waals surface area contributed by atoms with Gasteiger partial charge in [0, 0.05) is 27.3 Å². The van der Waals surface area contributed by atoms with Crippen LogP contribution in [0.2, 0.25) is 0 Å². The van der Waals surface area contributed by atoms with E-state index in [0.717, 1.165) is 25.4 Å². The summed E-state index contributed by atoms with van der Waals surface area (Å²) in [6.45, 7) is 2.07. The van der Waals surface area contributed by atoms with Gasteiger partial charge in [0.1, 0.15) is 6.33 Å². The standard InChI is InChI=1S/C9H17N5OS/c1-14-7-12-8(13-14)6-11-9(16)10-4-3-5-15-2/h7H,3-6H2,1-2H3,(H2,10,11,16). The lowest BCUT2D eigenvalue weighted by Gasteiger charge is -2.08. The van der Waals surface area contributed by atoms with Gasteiger partial charge in [0.15, 0.2) is 10.9 Å². The summed E-state index contributed by atoms with van der Waals surface area (Å²) < 4.78 is 6.59. The number of aryl methyl sites for hydroxylation is 1. The molecule has 0 radical (unpaired) electrons. The topological polar surface area (TPSA) is 64.0 Å². The molecule has 0 aliphatic carbocycles. The number of aromatic nitrogens is 3. The zero-order valence-corrected chi connectivity index (χ0v) is 10.4. The van der Waals surface area contributed by atoms with Crippen molar-refractivity contribution in [1.29, 1.82) is 0 Å². The van der Waals surface area contributed by atoms with Crippen molar-refractivity contribution >= 4 is 17.3 Å². The van der Waals surface area contributed by atoms with Crippen molar-refractivity contribution in [3.05, 3.63) is 12.2 Å². The van der Waals surface area contributed by atoms with Crippen LogP contribution in [0.1, 0.15) is 12.2 Å². The van der Waals surface area contributed by atoms with Crippen LogP contribution in [0.4, 0.5) is 0 Å². The molecule has 0 aromatic carbocycles. The summed E-state index contributed by atoms with van der Waals surface area (Å²) in [4.78, 5) is 4.08. The normalized spacial score (nSPS) is 10.1. The van der Waals surface area contributed by atoms with E-state index in [1.54, 1.807) is 18.1 Å². The Morgan fingerprint density at radius 2 is 2.38 bits per heavy atom. The van der Waals surface area contributed by atoms with Crippen molar-refractivity contribution in [2.75, 3.05) is 20.3 Å². The molecule has 0 spiro atoms. The lowest BCUT2D eigenvalue weighted by molar-refractivity contribution is 0.195. The van der Waals surface area contributed by atoms with Crippen LogP contribution in [0.25, 0.3) is 0 Å². The van der Waals surface area contributed by atoms with Gasteiger partial charge in [-0.1, -0.05) is 0 Å². The quantitative estimate of drug-likeness (QED) is 0.533. The molecule has 16 heavy (non-hydrogen) atoms. The molecule has 2 N–H and O–H groups in total. The minimum atomic E-state index is 0.539. The molecule has 0 atom stereocenters. The Bertz CT molecular complexity index is 327. The van der Waals surface area contributed by atoms with E-state index in [2.05, 4.69) is 20.7 Å². The third-order valence-corrected chi connectivity index (χ3v) is 2.15. The van der Waals surface area contributed by atoms with Crippen molar-refractivity contribution in [2.45, 2.75) is 13.0 Å². The molecule has 0 saturated heterocycles. The summed E-state index contributed by atoms with van der Waals surface area (Å²) in [5.41, 5.74) is 0. The van der Waals surface area contributed by atoms with Gasteiger partial charge >= 0.3 is 0 Å².